The van der Waals surface area contributed by atoms with Crippen LogP contribution in [0.5, 0.6) is 0 Å². The van der Waals surface area contributed by atoms with Gasteiger partial charge in [0.1, 0.15) is 0 Å². The highest BCUT2D eigenvalue weighted by Gasteiger charge is 2.24. The lowest BCUT2D eigenvalue weighted by Crippen LogP contribution is -2.49. The third kappa shape index (κ3) is 31.3. The van der Waals surface area contributed by atoms with Gasteiger partial charge in [-0.1, -0.05) is 206 Å². The number of rotatable bonds is 36. The Labute approximate surface area is 268 Å². The molecule has 254 valence electrons. The van der Waals surface area contributed by atoms with Gasteiger partial charge in [0.25, 0.3) is 0 Å². The van der Waals surface area contributed by atoms with Crippen LogP contribution >= 0.6 is 0 Å². The summed E-state index contributed by atoms with van der Waals surface area (Å²) in [5.74, 6) is 0. The minimum Gasteiger partial charge on any atom is -0.345 e. The van der Waals surface area contributed by atoms with E-state index in [9.17, 15) is 5.11 Å². The molecule has 0 heterocycles. The molecule has 0 bridgehead atoms. The van der Waals surface area contributed by atoms with Crippen molar-refractivity contribution < 1.29 is 9.59 Å². The quantitative estimate of drug-likeness (QED) is 0.0434. The van der Waals surface area contributed by atoms with Crippen molar-refractivity contribution in [1.82, 2.24) is 0 Å². The normalized spacial score (nSPS) is 12.8. The monoisotopic (exact) mass is 595 g/mol. The molecule has 2 heteroatoms. The molecule has 0 aliphatic carbocycles. The Morgan fingerprint density at radius 2 is 0.548 bits per heavy atom. The molecule has 0 saturated heterocycles. The molecule has 0 aromatic carbocycles. The van der Waals surface area contributed by atoms with Crippen LogP contribution in [0.15, 0.2) is 0 Å². The van der Waals surface area contributed by atoms with Gasteiger partial charge >= 0.3 is 0 Å². The molecule has 42 heavy (non-hydrogen) atoms. The molecule has 1 unspecified atom stereocenters. The Bertz CT molecular complexity index is 490. The van der Waals surface area contributed by atoms with Crippen molar-refractivity contribution in [1.29, 1.82) is 0 Å². The third-order valence-electron chi connectivity index (χ3n) is 9.96. The van der Waals surface area contributed by atoms with Crippen molar-refractivity contribution in [3.63, 3.8) is 0 Å². The number of aliphatic hydroxyl groups excluding tert-OH is 1. The Balaban J connectivity index is 3.37. The van der Waals surface area contributed by atoms with Gasteiger partial charge in [-0.3, -0.25) is 0 Å². The molecule has 0 amide bonds. The summed E-state index contributed by atoms with van der Waals surface area (Å²) in [5.41, 5.74) is 0. The minimum atomic E-state index is -0.182. The van der Waals surface area contributed by atoms with E-state index in [0.29, 0.717) is 0 Å². The number of quaternary nitrogens is 1. The van der Waals surface area contributed by atoms with Gasteiger partial charge in [-0.05, 0) is 19.3 Å². The van der Waals surface area contributed by atoms with Gasteiger partial charge in [0.2, 0.25) is 0 Å². The van der Waals surface area contributed by atoms with Crippen LogP contribution in [-0.4, -0.2) is 36.5 Å². The van der Waals surface area contributed by atoms with Gasteiger partial charge in [-0.25, -0.2) is 0 Å². The molecule has 0 saturated carbocycles. The maximum absolute atomic E-state index is 10.8. The summed E-state index contributed by atoms with van der Waals surface area (Å²) in [5, 5.41) is 10.8. The van der Waals surface area contributed by atoms with Crippen molar-refractivity contribution in [2.24, 2.45) is 0 Å². The zero-order valence-corrected chi connectivity index (χ0v) is 30.2. The molecule has 2 nitrogen and oxygen atoms in total. The molecular weight excluding hydrogens is 510 g/mol. The maximum atomic E-state index is 10.8. The first-order chi connectivity index (χ1) is 20.5. The van der Waals surface area contributed by atoms with Crippen LogP contribution in [0.4, 0.5) is 0 Å². The Hall–Kier alpha value is -0.0800. The van der Waals surface area contributed by atoms with Crippen LogP contribution < -0.4 is 0 Å². The summed E-state index contributed by atoms with van der Waals surface area (Å²) >= 11 is 0. The van der Waals surface area contributed by atoms with Crippen LogP contribution in [0, 0.1) is 0 Å². The van der Waals surface area contributed by atoms with Gasteiger partial charge < -0.3 is 9.59 Å². The second-order valence-electron chi connectivity index (χ2n) is 14.7. The molecule has 0 aliphatic heterocycles. The van der Waals surface area contributed by atoms with Crippen LogP contribution in [-0.2, 0) is 0 Å². The smallest absolute Gasteiger partial charge is 0.190 e. The SMILES string of the molecule is CCCCCCCCCCCCCCCCCCCCCC[N+](C)(C)C(O)CCCCCCCCCCCCCCC. The van der Waals surface area contributed by atoms with Crippen LogP contribution in [0.25, 0.3) is 0 Å². The van der Waals surface area contributed by atoms with E-state index in [1.165, 1.54) is 212 Å². The second-order valence-corrected chi connectivity index (χ2v) is 14.7. The largest absolute Gasteiger partial charge is 0.345 e. The first-order valence-corrected chi connectivity index (χ1v) is 20.0. The van der Waals surface area contributed by atoms with Gasteiger partial charge in [-0.15, -0.1) is 0 Å². The highest BCUT2D eigenvalue weighted by molar-refractivity contribution is 4.53. The van der Waals surface area contributed by atoms with Gasteiger partial charge in [-0.2, -0.15) is 0 Å². The van der Waals surface area contributed by atoms with E-state index < -0.39 is 0 Å². The molecular formula is C40H84NO+. The second kappa shape index (κ2) is 33.8. The lowest BCUT2D eigenvalue weighted by atomic mass is 10.0. The predicted molar refractivity (Wildman–Crippen MR) is 191 cm³/mol. The fraction of sp³-hybridized carbons (Fsp3) is 1.00. The van der Waals surface area contributed by atoms with Crippen molar-refractivity contribution in [3.8, 4) is 0 Å². The highest BCUT2D eigenvalue weighted by Crippen LogP contribution is 2.18. The first kappa shape index (κ1) is 41.9. The molecule has 1 atom stereocenters. The number of hydrogen-bond acceptors (Lipinski definition) is 1. The molecule has 0 fully saturated rings. The van der Waals surface area contributed by atoms with E-state index in [1.54, 1.807) is 0 Å². The summed E-state index contributed by atoms with van der Waals surface area (Å²) in [7, 11) is 4.48. The van der Waals surface area contributed by atoms with E-state index in [0.717, 1.165) is 17.4 Å². The third-order valence-corrected chi connectivity index (χ3v) is 9.96. The molecule has 0 aliphatic rings. The van der Waals surface area contributed by atoms with E-state index in [2.05, 4.69) is 27.9 Å². The maximum Gasteiger partial charge on any atom is 0.190 e. The lowest BCUT2D eigenvalue weighted by Gasteiger charge is -2.35. The minimum absolute atomic E-state index is 0.182. The number of aliphatic hydroxyl groups is 1. The van der Waals surface area contributed by atoms with Gasteiger partial charge in [0.15, 0.2) is 6.23 Å². The molecule has 0 aromatic heterocycles. The zero-order chi connectivity index (χ0) is 30.8. The van der Waals surface area contributed by atoms with E-state index in [-0.39, 0.29) is 6.23 Å². The molecule has 1 N–H and O–H groups in total. The van der Waals surface area contributed by atoms with E-state index >= 15 is 0 Å². The van der Waals surface area contributed by atoms with Crippen LogP contribution in [0.3, 0.4) is 0 Å². The van der Waals surface area contributed by atoms with Crippen molar-refractivity contribution in [2.45, 2.75) is 238 Å². The fourth-order valence-corrected chi connectivity index (χ4v) is 6.62. The van der Waals surface area contributed by atoms with Gasteiger partial charge in [0.05, 0.1) is 20.6 Å². The number of unbranched alkanes of at least 4 members (excludes halogenated alkanes) is 31. The van der Waals surface area contributed by atoms with Crippen molar-refractivity contribution in [3.05, 3.63) is 0 Å². The highest BCUT2D eigenvalue weighted by atomic mass is 16.3. The Morgan fingerprint density at radius 1 is 0.333 bits per heavy atom. The standard InChI is InChI=1S/C40H84NO/c1-5-7-9-11-13-15-17-19-20-21-22-23-24-25-27-29-31-33-35-37-39-41(3,4)40(42)38-36-34-32-30-28-26-18-16-14-12-10-8-6-2/h40,42H,5-39H2,1-4H3/q+1. The van der Waals surface area contributed by atoms with Crippen molar-refractivity contribution >= 4 is 0 Å². The van der Waals surface area contributed by atoms with Gasteiger partial charge in [0, 0.05) is 6.42 Å². The average molecular weight is 595 g/mol. The Kier molecular flexibility index (Phi) is 33.7. The number of nitrogens with zero attached hydrogens (tertiary/aromatic N) is 1. The topological polar surface area (TPSA) is 20.2 Å². The van der Waals surface area contributed by atoms with E-state index in [1.807, 2.05) is 0 Å². The average Bonchev–Trinajstić information content (AvgIpc) is 2.98. The lowest BCUT2D eigenvalue weighted by molar-refractivity contribution is -0.937. The summed E-state index contributed by atoms with van der Waals surface area (Å²) in [6.07, 6.45) is 47.6. The Morgan fingerprint density at radius 3 is 0.810 bits per heavy atom. The van der Waals surface area contributed by atoms with Crippen LogP contribution in [0.2, 0.25) is 0 Å². The molecule has 0 radical (unpaired) electrons. The molecule has 0 aromatic rings. The number of hydrogen-bond donors (Lipinski definition) is 1. The van der Waals surface area contributed by atoms with Crippen LogP contribution in [0.1, 0.15) is 232 Å². The summed E-state index contributed by atoms with van der Waals surface area (Å²) in [6.45, 7) is 5.72. The molecule has 0 spiro atoms. The zero-order valence-electron chi connectivity index (χ0n) is 30.2. The predicted octanol–water partition coefficient (Wildman–Crippen LogP) is 13.7. The van der Waals surface area contributed by atoms with Crippen molar-refractivity contribution in [2.75, 3.05) is 20.6 Å². The summed E-state index contributed by atoms with van der Waals surface area (Å²) < 4.78 is 0.789. The summed E-state index contributed by atoms with van der Waals surface area (Å²) in [4.78, 5) is 0. The first-order valence-electron chi connectivity index (χ1n) is 20.0. The van der Waals surface area contributed by atoms with E-state index in [4.69, 9.17) is 0 Å². The molecule has 0 rings (SSSR count). The fourth-order valence-electron chi connectivity index (χ4n) is 6.62. The summed E-state index contributed by atoms with van der Waals surface area (Å²) in [6, 6.07) is 0.